The zero-order chi connectivity index (χ0) is 26.2. The van der Waals surface area contributed by atoms with Gasteiger partial charge in [0.1, 0.15) is 5.78 Å². The zero-order valence-corrected chi connectivity index (χ0v) is 24.3. The van der Waals surface area contributed by atoms with Crippen LogP contribution in [0.15, 0.2) is 0 Å². The van der Waals surface area contributed by atoms with Gasteiger partial charge in [0.05, 0.1) is 31.0 Å². The van der Waals surface area contributed by atoms with Crippen molar-refractivity contribution in [3.8, 4) is 0 Å². The van der Waals surface area contributed by atoms with E-state index in [1.807, 2.05) is 46.4 Å². The standard InChI is InChI=1S/C26H48N2O5S2/c1-19(2)24(29)10-7-8-11-25(30)27-13-15-35-34-14-9-12-26(31)28-17-23(33-21(5)6)16-22(28)18-32-20(3)4/h19-23H,7-18H2,1-6H3,(H,27,30)/t22-,23+/m0/s1. The fraction of sp³-hybridized carbons (Fsp3) is 0.885. The molecular formula is C26H48N2O5S2. The van der Waals surface area contributed by atoms with Crippen LogP contribution in [0.5, 0.6) is 0 Å². The van der Waals surface area contributed by atoms with E-state index in [1.54, 1.807) is 21.6 Å². The topological polar surface area (TPSA) is 84.9 Å². The van der Waals surface area contributed by atoms with Crippen LogP contribution in [0, 0.1) is 5.92 Å². The molecule has 1 aliphatic rings. The van der Waals surface area contributed by atoms with Crippen LogP contribution in [0.3, 0.4) is 0 Å². The van der Waals surface area contributed by atoms with Gasteiger partial charge in [0.15, 0.2) is 0 Å². The van der Waals surface area contributed by atoms with Crippen molar-refractivity contribution in [2.75, 3.05) is 31.2 Å². The lowest BCUT2D eigenvalue weighted by Crippen LogP contribution is -2.39. The third-order valence-corrected chi connectivity index (χ3v) is 8.21. The fourth-order valence-electron chi connectivity index (χ4n) is 3.86. The molecule has 9 heteroatoms. The maximum atomic E-state index is 12.9. The van der Waals surface area contributed by atoms with Crippen LogP contribution in [0.2, 0.25) is 0 Å². The molecule has 204 valence electrons. The minimum Gasteiger partial charge on any atom is -0.377 e. The summed E-state index contributed by atoms with van der Waals surface area (Å²) in [5.41, 5.74) is 0. The first-order chi connectivity index (χ1) is 16.6. The van der Waals surface area contributed by atoms with Crippen LogP contribution in [0.4, 0.5) is 0 Å². The number of nitrogens with one attached hydrogen (secondary N) is 1. The molecule has 1 aliphatic heterocycles. The highest BCUT2D eigenvalue weighted by atomic mass is 33.1. The van der Waals surface area contributed by atoms with Crippen molar-refractivity contribution < 1.29 is 23.9 Å². The maximum Gasteiger partial charge on any atom is 0.223 e. The summed E-state index contributed by atoms with van der Waals surface area (Å²) in [6, 6.07) is 0.0926. The van der Waals surface area contributed by atoms with Crippen molar-refractivity contribution in [2.45, 2.75) is 111 Å². The fourth-order valence-corrected chi connectivity index (χ4v) is 5.86. The molecule has 35 heavy (non-hydrogen) atoms. The van der Waals surface area contributed by atoms with Gasteiger partial charge in [0.25, 0.3) is 0 Å². The first kappa shape index (κ1) is 32.3. The van der Waals surface area contributed by atoms with E-state index in [0.717, 1.165) is 37.2 Å². The molecule has 2 amide bonds. The molecule has 2 atom stereocenters. The average molecular weight is 533 g/mol. The van der Waals surface area contributed by atoms with Gasteiger partial charge in [-0.15, -0.1) is 0 Å². The van der Waals surface area contributed by atoms with Crippen molar-refractivity contribution in [3.05, 3.63) is 0 Å². The summed E-state index contributed by atoms with van der Waals surface area (Å²) < 4.78 is 11.8. The van der Waals surface area contributed by atoms with E-state index in [2.05, 4.69) is 5.32 Å². The summed E-state index contributed by atoms with van der Waals surface area (Å²) in [6.07, 6.45) is 5.18. The molecule has 0 aromatic heterocycles. The summed E-state index contributed by atoms with van der Waals surface area (Å²) >= 11 is 0. The van der Waals surface area contributed by atoms with E-state index in [4.69, 9.17) is 9.47 Å². The van der Waals surface area contributed by atoms with Crippen LogP contribution in [-0.2, 0) is 23.9 Å². The number of ether oxygens (including phenoxy) is 2. The lowest BCUT2D eigenvalue weighted by Gasteiger charge is -2.25. The van der Waals surface area contributed by atoms with Gasteiger partial charge >= 0.3 is 0 Å². The molecule has 0 saturated carbocycles. The van der Waals surface area contributed by atoms with Crippen molar-refractivity contribution in [3.63, 3.8) is 0 Å². The van der Waals surface area contributed by atoms with Crippen LogP contribution < -0.4 is 5.32 Å². The smallest absolute Gasteiger partial charge is 0.223 e. The van der Waals surface area contributed by atoms with Crippen molar-refractivity contribution in [1.29, 1.82) is 0 Å². The number of unbranched alkanes of at least 4 members (excludes halogenated alkanes) is 1. The van der Waals surface area contributed by atoms with Gasteiger partial charge < -0.3 is 19.7 Å². The number of hydrogen-bond donors (Lipinski definition) is 1. The second kappa shape index (κ2) is 18.5. The van der Waals surface area contributed by atoms with E-state index in [9.17, 15) is 14.4 Å². The predicted molar refractivity (Wildman–Crippen MR) is 147 cm³/mol. The summed E-state index contributed by atoms with van der Waals surface area (Å²) in [5, 5.41) is 2.94. The molecule has 0 unspecified atom stereocenters. The molecule has 0 radical (unpaired) electrons. The van der Waals surface area contributed by atoms with Crippen LogP contribution in [-0.4, -0.2) is 78.1 Å². The van der Waals surface area contributed by atoms with Gasteiger partial charge in [0, 0.05) is 49.8 Å². The molecule has 1 fully saturated rings. The van der Waals surface area contributed by atoms with Gasteiger partial charge in [-0.2, -0.15) is 0 Å². The highest BCUT2D eigenvalue weighted by molar-refractivity contribution is 8.76. The van der Waals surface area contributed by atoms with Crippen molar-refractivity contribution in [2.24, 2.45) is 5.92 Å². The normalized spacial score (nSPS) is 18.1. The number of rotatable bonds is 19. The van der Waals surface area contributed by atoms with Crippen molar-refractivity contribution in [1.82, 2.24) is 10.2 Å². The number of likely N-dealkylation sites (tertiary alicyclic amines) is 1. The van der Waals surface area contributed by atoms with Crippen molar-refractivity contribution >= 4 is 39.2 Å². The summed E-state index contributed by atoms with van der Waals surface area (Å²) in [7, 11) is 3.47. The molecule has 0 spiro atoms. The molecule has 0 aromatic carbocycles. The monoisotopic (exact) mass is 532 g/mol. The molecular weight excluding hydrogens is 484 g/mol. The lowest BCUT2D eigenvalue weighted by molar-refractivity contribution is -0.134. The van der Waals surface area contributed by atoms with Crippen LogP contribution in [0.1, 0.15) is 86.5 Å². The molecule has 1 saturated heterocycles. The Morgan fingerprint density at radius 1 is 0.914 bits per heavy atom. The van der Waals surface area contributed by atoms with Gasteiger partial charge in [-0.1, -0.05) is 35.4 Å². The third kappa shape index (κ3) is 15.2. The first-order valence-electron chi connectivity index (χ1n) is 13.2. The van der Waals surface area contributed by atoms with Crippen LogP contribution in [0.25, 0.3) is 0 Å². The SMILES string of the molecule is CC(C)OC[C@@H]1C[C@@H](OC(C)C)CN1C(=O)CCCSSCCNC(=O)CCCCC(=O)C(C)C. The minimum atomic E-state index is 0.0551. The molecule has 7 nitrogen and oxygen atoms in total. The number of hydrogen-bond acceptors (Lipinski definition) is 7. The highest BCUT2D eigenvalue weighted by Crippen LogP contribution is 2.25. The Balaban J connectivity index is 2.13. The molecule has 1 rings (SSSR count). The van der Waals surface area contributed by atoms with E-state index in [0.29, 0.717) is 39.0 Å². The van der Waals surface area contributed by atoms with Gasteiger partial charge in [-0.25, -0.2) is 0 Å². The van der Waals surface area contributed by atoms with Gasteiger partial charge in [-0.05, 0) is 53.4 Å². The quantitative estimate of drug-likeness (QED) is 0.188. The third-order valence-electron chi connectivity index (χ3n) is 5.71. The van der Waals surface area contributed by atoms with E-state index in [-0.39, 0.29) is 47.9 Å². The second-order valence-electron chi connectivity index (χ2n) is 10.1. The Labute approximate surface area is 221 Å². The van der Waals surface area contributed by atoms with E-state index < -0.39 is 0 Å². The minimum absolute atomic E-state index is 0.0551. The number of carbonyl (C=O) groups excluding carboxylic acids is 3. The Kier molecular flexibility index (Phi) is 17.0. The maximum absolute atomic E-state index is 12.9. The van der Waals surface area contributed by atoms with E-state index >= 15 is 0 Å². The highest BCUT2D eigenvalue weighted by Gasteiger charge is 2.36. The Hall–Kier alpha value is -0.770. The first-order valence-corrected chi connectivity index (χ1v) is 15.7. The molecule has 0 aromatic rings. The van der Waals surface area contributed by atoms with Gasteiger partial charge in [0.2, 0.25) is 11.8 Å². The summed E-state index contributed by atoms with van der Waals surface area (Å²) in [6.45, 7) is 13.8. The summed E-state index contributed by atoms with van der Waals surface area (Å²) in [4.78, 5) is 38.3. The zero-order valence-electron chi connectivity index (χ0n) is 22.7. The molecule has 0 aliphatic carbocycles. The molecule has 1 heterocycles. The van der Waals surface area contributed by atoms with E-state index in [1.165, 1.54) is 0 Å². The number of nitrogens with zero attached hydrogens (tertiary/aromatic N) is 1. The number of Topliss-reactive ketones (excluding diaryl/α,β-unsaturated/α-hetero) is 1. The average Bonchev–Trinajstić information content (AvgIpc) is 3.18. The Morgan fingerprint density at radius 2 is 1.60 bits per heavy atom. The largest absolute Gasteiger partial charge is 0.377 e. The number of ketones is 1. The number of amides is 2. The number of carbonyl (C=O) groups is 3. The second-order valence-corrected chi connectivity index (χ2v) is 12.8. The lowest BCUT2D eigenvalue weighted by atomic mass is 10.0. The Morgan fingerprint density at radius 3 is 2.26 bits per heavy atom. The Bertz CT molecular complexity index is 631. The van der Waals surface area contributed by atoms with Crippen LogP contribution >= 0.6 is 21.6 Å². The molecule has 0 bridgehead atoms. The summed E-state index contributed by atoms with van der Waals surface area (Å²) in [5.74, 6) is 2.33. The predicted octanol–water partition coefficient (Wildman–Crippen LogP) is 4.87. The van der Waals surface area contributed by atoms with Gasteiger partial charge in [-0.3, -0.25) is 14.4 Å². The molecule has 1 N–H and O–H groups in total.